The van der Waals surface area contributed by atoms with Crippen LogP contribution in [0.15, 0.2) is 30.3 Å². The molecular weight excluding hydrogens is 276 g/mol. The number of hydrogen-bond donors (Lipinski definition) is 2. The lowest BCUT2D eigenvalue weighted by atomic mass is 10.1. The zero-order chi connectivity index (χ0) is 14.9. The number of carbonyl (C=O) groups is 1. The summed E-state index contributed by atoms with van der Waals surface area (Å²) < 4.78 is 52.0. The number of carbonyl (C=O) groups excluding carboxylic acids is 1. The first-order valence-corrected chi connectivity index (χ1v) is 5.40. The highest BCUT2D eigenvalue weighted by molar-refractivity contribution is 6.05. The third-order valence-electron chi connectivity index (χ3n) is 2.54. The average molecular weight is 284 g/mol. The third-order valence-corrected chi connectivity index (χ3v) is 2.54. The lowest BCUT2D eigenvalue weighted by Crippen LogP contribution is -2.16. The smallest absolute Gasteiger partial charge is 0.258 e. The van der Waals surface area contributed by atoms with Crippen LogP contribution in [0.2, 0.25) is 0 Å². The Morgan fingerprint density at radius 1 is 1.00 bits per heavy atom. The Hall–Kier alpha value is -2.57. The number of nitrogen functional groups attached to an aromatic ring is 1. The molecule has 3 nitrogen and oxygen atoms in total. The molecule has 2 aromatic rings. The quantitative estimate of drug-likeness (QED) is 0.506. The average Bonchev–Trinajstić information content (AvgIpc) is 2.39. The minimum atomic E-state index is -1.75. The monoisotopic (exact) mass is 284 g/mol. The molecule has 0 aliphatic carbocycles. The second-order valence-electron chi connectivity index (χ2n) is 3.91. The zero-order valence-corrected chi connectivity index (χ0v) is 9.88. The largest absolute Gasteiger partial charge is 0.397 e. The van der Waals surface area contributed by atoms with Gasteiger partial charge >= 0.3 is 0 Å². The molecule has 0 aliphatic heterocycles. The number of hydrogen-bond acceptors (Lipinski definition) is 2. The van der Waals surface area contributed by atoms with Crippen molar-refractivity contribution in [3.8, 4) is 0 Å². The normalized spacial score (nSPS) is 10.4. The van der Waals surface area contributed by atoms with E-state index in [1.807, 2.05) is 0 Å². The van der Waals surface area contributed by atoms with Gasteiger partial charge in [-0.25, -0.2) is 17.6 Å². The fraction of sp³-hybridized carbons (Fsp3) is 0. The van der Waals surface area contributed by atoms with E-state index in [0.29, 0.717) is 6.07 Å². The first kappa shape index (κ1) is 13.9. The molecular formula is C13H8F4N2O. The van der Waals surface area contributed by atoms with Gasteiger partial charge in [0.25, 0.3) is 5.91 Å². The maximum atomic E-state index is 13.4. The Balaban J connectivity index is 2.31. The Morgan fingerprint density at radius 2 is 1.70 bits per heavy atom. The molecule has 20 heavy (non-hydrogen) atoms. The molecule has 0 fully saturated rings. The third kappa shape index (κ3) is 2.56. The summed E-state index contributed by atoms with van der Waals surface area (Å²) in [5.41, 5.74) is 4.72. The van der Waals surface area contributed by atoms with Crippen molar-refractivity contribution >= 4 is 17.3 Å². The number of rotatable bonds is 2. The van der Waals surface area contributed by atoms with E-state index >= 15 is 0 Å². The summed E-state index contributed by atoms with van der Waals surface area (Å²) in [4.78, 5) is 11.7. The fourth-order valence-corrected chi connectivity index (χ4v) is 1.54. The predicted octanol–water partition coefficient (Wildman–Crippen LogP) is 3.08. The van der Waals surface area contributed by atoms with E-state index in [4.69, 9.17) is 5.73 Å². The maximum Gasteiger partial charge on any atom is 0.258 e. The van der Waals surface area contributed by atoms with Crippen LogP contribution in [-0.2, 0) is 0 Å². The van der Waals surface area contributed by atoms with E-state index < -0.39 is 34.7 Å². The highest BCUT2D eigenvalue weighted by Crippen LogP contribution is 2.21. The molecule has 2 aromatic carbocycles. The first-order chi connectivity index (χ1) is 9.40. The summed E-state index contributed by atoms with van der Waals surface area (Å²) in [5.74, 6) is -6.40. The molecule has 0 spiro atoms. The van der Waals surface area contributed by atoms with Crippen LogP contribution in [0.5, 0.6) is 0 Å². The molecule has 0 unspecified atom stereocenters. The van der Waals surface area contributed by atoms with E-state index in [9.17, 15) is 22.4 Å². The molecule has 0 atom stereocenters. The Labute approximate surface area is 111 Å². The second kappa shape index (κ2) is 5.20. The fourth-order valence-electron chi connectivity index (χ4n) is 1.54. The van der Waals surface area contributed by atoms with E-state index in [0.717, 1.165) is 18.2 Å². The highest BCUT2D eigenvalue weighted by atomic mass is 19.2. The van der Waals surface area contributed by atoms with Crippen LogP contribution in [0.3, 0.4) is 0 Å². The molecule has 0 radical (unpaired) electrons. The van der Waals surface area contributed by atoms with Gasteiger partial charge in [0.2, 0.25) is 0 Å². The minimum absolute atomic E-state index is 0.0283. The lowest BCUT2D eigenvalue weighted by Gasteiger charge is -2.09. The van der Waals surface area contributed by atoms with Crippen LogP contribution in [0.4, 0.5) is 28.9 Å². The second-order valence-corrected chi connectivity index (χ2v) is 3.91. The number of nitrogens with two attached hydrogens (primary N) is 1. The van der Waals surface area contributed by atoms with Crippen molar-refractivity contribution in [3.05, 3.63) is 59.2 Å². The van der Waals surface area contributed by atoms with Gasteiger partial charge in [0.05, 0.1) is 16.9 Å². The number of anilines is 2. The molecule has 0 saturated heterocycles. The molecule has 0 heterocycles. The Bertz CT molecular complexity index is 688. The molecule has 1 amide bonds. The number of benzene rings is 2. The number of nitrogens with one attached hydrogen (secondary N) is 1. The van der Waals surface area contributed by atoms with Crippen molar-refractivity contribution in [2.75, 3.05) is 11.1 Å². The summed E-state index contributed by atoms with van der Waals surface area (Å²) >= 11 is 0. The van der Waals surface area contributed by atoms with E-state index in [1.54, 1.807) is 0 Å². The lowest BCUT2D eigenvalue weighted by molar-refractivity contribution is 0.102. The van der Waals surface area contributed by atoms with Crippen LogP contribution < -0.4 is 11.1 Å². The van der Waals surface area contributed by atoms with Gasteiger partial charge < -0.3 is 11.1 Å². The van der Waals surface area contributed by atoms with Crippen LogP contribution in [-0.4, -0.2) is 5.91 Å². The SMILES string of the molecule is Nc1cc(F)ccc1NC(=O)c1ccc(F)c(F)c1F. The van der Waals surface area contributed by atoms with Gasteiger partial charge in [-0.05, 0) is 30.3 Å². The topological polar surface area (TPSA) is 55.1 Å². The summed E-state index contributed by atoms with van der Waals surface area (Å²) in [5, 5.41) is 2.18. The van der Waals surface area contributed by atoms with E-state index in [-0.39, 0.29) is 11.4 Å². The molecule has 2 rings (SSSR count). The van der Waals surface area contributed by atoms with Gasteiger partial charge in [0, 0.05) is 0 Å². The van der Waals surface area contributed by atoms with E-state index in [2.05, 4.69) is 5.32 Å². The summed E-state index contributed by atoms with van der Waals surface area (Å²) in [6.07, 6.45) is 0. The van der Waals surface area contributed by atoms with Gasteiger partial charge in [-0.1, -0.05) is 0 Å². The van der Waals surface area contributed by atoms with Crippen LogP contribution in [0, 0.1) is 23.3 Å². The molecule has 0 aromatic heterocycles. The van der Waals surface area contributed by atoms with Gasteiger partial charge in [0.1, 0.15) is 5.82 Å². The highest BCUT2D eigenvalue weighted by Gasteiger charge is 2.19. The molecule has 3 N–H and O–H groups in total. The van der Waals surface area contributed by atoms with Crippen molar-refractivity contribution in [3.63, 3.8) is 0 Å². The number of halogens is 4. The zero-order valence-electron chi connectivity index (χ0n) is 9.88. The Kier molecular flexibility index (Phi) is 3.60. The van der Waals surface area contributed by atoms with Gasteiger partial charge in [-0.3, -0.25) is 4.79 Å². The molecule has 0 saturated carbocycles. The number of amides is 1. The molecule has 7 heteroatoms. The van der Waals surface area contributed by atoms with Crippen LogP contribution in [0.1, 0.15) is 10.4 Å². The molecule has 0 aliphatic rings. The summed E-state index contributed by atoms with van der Waals surface area (Å²) in [7, 11) is 0. The van der Waals surface area contributed by atoms with Gasteiger partial charge in [0.15, 0.2) is 17.5 Å². The Morgan fingerprint density at radius 3 is 2.35 bits per heavy atom. The standard InChI is InChI=1S/C13H8F4N2O/c14-6-1-4-10(9(18)5-6)19-13(20)7-2-3-8(15)12(17)11(7)16/h1-5H,18H2,(H,19,20). The summed E-state index contributed by atoms with van der Waals surface area (Å²) in [6.45, 7) is 0. The minimum Gasteiger partial charge on any atom is -0.397 e. The molecule has 104 valence electrons. The first-order valence-electron chi connectivity index (χ1n) is 5.40. The van der Waals surface area contributed by atoms with Crippen LogP contribution >= 0.6 is 0 Å². The van der Waals surface area contributed by atoms with Crippen molar-refractivity contribution in [2.24, 2.45) is 0 Å². The predicted molar refractivity (Wildman–Crippen MR) is 65.1 cm³/mol. The maximum absolute atomic E-state index is 13.4. The van der Waals surface area contributed by atoms with Crippen LogP contribution in [0.25, 0.3) is 0 Å². The van der Waals surface area contributed by atoms with Crippen molar-refractivity contribution in [1.82, 2.24) is 0 Å². The van der Waals surface area contributed by atoms with Gasteiger partial charge in [-0.15, -0.1) is 0 Å². The van der Waals surface area contributed by atoms with E-state index in [1.165, 1.54) is 6.07 Å². The van der Waals surface area contributed by atoms with Crippen molar-refractivity contribution < 1.29 is 22.4 Å². The summed E-state index contributed by atoms with van der Waals surface area (Å²) in [6, 6.07) is 4.58. The van der Waals surface area contributed by atoms with Gasteiger partial charge in [-0.2, -0.15) is 0 Å². The molecule has 0 bridgehead atoms. The van der Waals surface area contributed by atoms with Crippen molar-refractivity contribution in [1.29, 1.82) is 0 Å². The van der Waals surface area contributed by atoms with Crippen molar-refractivity contribution in [2.45, 2.75) is 0 Å².